The van der Waals surface area contributed by atoms with Gasteiger partial charge in [-0.15, -0.1) is 0 Å². The van der Waals surface area contributed by atoms with Gasteiger partial charge in [0.05, 0.1) is 0 Å². The molecule has 0 unspecified atom stereocenters. The van der Waals surface area contributed by atoms with Crippen molar-refractivity contribution in [2.24, 2.45) is 0 Å². The van der Waals surface area contributed by atoms with Crippen LogP contribution in [0, 0.1) is 6.92 Å². The molecule has 0 aromatic heterocycles. The van der Waals surface area contributed by atoms with E-state index in [1.165, 1.54) is 16.3 Å². The highest BCUT2D eigenvalue weighted by Crippen LogP contribution is 2.16. The minimum atomic E-state index is 0.639. The zero-order chi connectivity index (χ0) is 11.1. The summed E-state index contributed by atoms with van der Waals surface area (Å²) in [5.41, 5.74) is 1.35. The van der Waals surface area contributed by atoms with E-state index < -0.39 is 0 Å². The van der Waals surface area contributed by atoms with Crippen LogP contribution in [-0.4, -0.2) is 6.29 Å². The molecule has 1 nitrogen and oxygen atoms in total. The summed E-state index contributed by atoms with van der Waals surface area (Å²) < 4.78 is 0. The third-order valence-corrected chi connectivity index (χ3v) is 2.17. The largest absolute Gasteiger partial charge is 0.303 e. The van der Waals surface area contributed by atoms with E-state index in [0.29, 0.717) is 6.42 Å². The summed E-state index contributed by atoms with van der Waals surface area (Å²) in [7, 11) is 0. The molecule has 0 bridgehead atoms. The van der Waals surface area contributed by atoms with E-state index in [0.717, 1.165) is 6.29 Å². The SMILES string of the molecule is CCC=O.Cc1cccc2ccccc12. The lowest BCUT2D eigenvalue weighted by atomic mass is 10.1. The first-order chi connectivity index (χ1) is 7.29. The monoisotopic (exact) mass is 200 g/mol. The molecule has 0 spiro atoms. The minimum Gasteiger partial charge on any atom is -0.303 e. The fourth-order valence-corrected chi connectivity index (χ4v) is 1.39. The summed E-state index contributed by atoms with van der Waals surface area (Å²) in [4.78, 5) is 9.17. The van der Waals surface area contributed by atoms with Gasteiger partial charge in [-0.3, -0.25) is 0 Å². The third kappa shape index (κ3) is 3.21. The van der Waals surface area contributed by atoms with Crippen molar-refractivity contribution in [3.63, 3.8) is 0 Å². The zero-order valence-electron chi connectivity index (χ0n) is 9.23. The second-order valence-electron chi connectivity index (χ2n) is 3.37. The number of benzene rings is 2. The van der Waals surface area contributed by atoms with Crippen LogP contribution in [0.15, 0.2) is 42.5 Å². The van der Waals surface area contributed by atoms with Gasteiger partial charge in [0.1, 0.15) is 6.29 Å². The van der Waals surface area contributed by atoms with Crippen molar-refractivity contribution in [3.8, 4) is 0 Å². The van der Waals surface area contributed by atoms with Gasteiger partial charge in [-0.1, -0.05) is 49.4 Å². The molecule has 1 heteroatoms. The molecule has 0 heterocycles. The molecule has 0 aliphatic carbocycles. The highest BCUT2D eigenvalue weighted by molar-refractivity contribution is 5.85. The number of hydrogen-bond acceptors (Lipinski definition) is 1. The Bertz CT molecular complexity index is 427. The Morgan fingerprint density at radius 2 is 1.67 bits per heavy atom. The number of aldehydes is 1. The standard InChI is InChI=1S/C11H10.C3H6O/c1-9-5-4-7-10-6-2-3-8-11(9)10;1-2-3-4/h2-8H,1H3;3H,2H2,1H3. The van der Waals surface area contributed by atoms with Crippen LogP contribution < -0.4 is 0 Å². The lowest BCUT2D eigenvalue weighted by Gasteiger charge is -1.98. The normalized spacial score (nSPS) is 9.20. The smallest absolute Gasteiger partial charge is 0.119 e. The Morgan fingerprint density at radius 1 is 1.07 bits per heavy atom. The molecule has 2 aromatic rings. The summed E-state index contributed by atoms with van der Waals surface area (Å²) in [6, 6.07) is 14.8. The van der Waals surface area contributed by atoms with E-state index in [1.54, 1.807) is 0 Å². The number of rotatable bonds is 1. The van der Waals surface area contributed by atoms with Crippen molar-refractivity contribution in [3.05, 3.63) is 48.0 Å². The molecule has 0 N–H and O–H groups in total. The van der Waals surface area contributed by atoms with Gasteiger partial charge in [0.2, 0.25) is 0 Å². The summed E-state index contributed by atoms with van der Waals surface area (Å²) in [6.45, 7) is 3.95. The maximum atomic E-state index is 9.17. The third-order valence-electron chi connectivity index (χ3n) is 2.17. The van der Waals surface area contributed by atoms with E-state index in [2.05, 4.69) is 49.4 Å². The predicted octanol–water partition coefficient (Wildman–Crippen LogP) is 3.74. The van der Waals surface area contributed by atoms with E-state index in [-0.39, 0.29) is 0 Å². The summed E-state index contributed by atoms with van der Waals surface area (Å²) in [5, 5.41) is 2.68. The lowest BCUT2D eigenvalue weighted by Crippen LogP contribution is -1.75. The first-order valence-electron chi connectivity index (χ1n) is 5.17. The number of aryl methyl sites for hydroxylation is 1. The maximum Gasteiger partial charge on any atom is 0.119 e. The molecule has 0 amide bonds. The Balaban J connectivity index is 0.000000245. The first kappa shape index (κ1) is 11.4. The molecule has 0 radical (unpaired) electrons. The Morgan fingerprint density at radius 3 is 2.27 bits per heavy atom. The van der Waals surface area contributed by atoms with Gasteiger partial charge in [0.15, 0.2) is 0 Å². The molecule has 0 saturated carbocycles. The molecule has 78 valence electrons. The van der Waals surface area contributed by atoms with E-state index in [1.807, 2.05) is 6.92 Å². The molecular formula is C14H16O. The molecule has 0 saturated heterocycles. The average Bonchev–Trinajstić information content (AvgIpc) is 2.30. The molecule has 0 aliphatic heterocycles. The fourth-order valence-electron chi connectivity index (χ4n) is 1.39. The van der Waals surface area contributed by atoms with Crippen LogP contribution in [-0.2, 0) is 4.79 Å². The van der Waals surface area contributed by atoms with Crippen LogP contribution in [0.5, 0.6) is 0 Å². The van der Waals surface area contributed by atoms with Gasteiger partial charge in [-0.05, 0) is 23.3 Å². The summed E-state index contributed by atoms with van der Waals surface area (Å²) >= 11 is 0. The highest BCUT2D eigenvalue weighted by atomic mass is 16.1. The van der Waals surface area contributed by atoms with Gasteiger partial charge < -0.3 is 4.79 Å². The van der Waals surface area contributed by atoms with Crippen molar-refractivity contribution in [2.45, 2.75) is 20.3 Å². The summed E-state index contributed by atoms with van der Waals surface area (Å²) in [5.74, 6) is 0. The van der Waals surface area contributed by atoms with Crippen molar-refractivity contribution < 1.29 is 4.79 Å². The number of hydrogen-bond donors (Lipinski definition) is 0. The molecule has 15 heavy (non-hydrogen) atoms. The van der Waals surface area contributed by atoms with Crippen LogP contribution >= 0.6 is 0 Å². The van der Waals surface area contributed by atoms with Crippen molar-refractivity contribution in [2.75, 3.05) is 0 Å². The molecule has 0 atom stereocenters. The molecule has 2 aromatic carbocycles. The van der Waals surface area contributed by atoms with Crippen LogP contribution in [0.25, 0.3) is 10.8 Å². The van der Waals surface area contributed by atoms with Crippen molar-refractivity contribution in [1.29, 1.82) is 0 Å². The number of carbonyl (C=O) groups is 1. The van der Waals surface area contributed by atoms with Crippen molar-refractivity contribution in [1.82, 2.24) is 0 Å². The van der Waals surface area contributed by atoms with Crippen molar-refractivity contribution >= 4 is 17.1 Å². The second-order valence-corrected chi connectivity index (χ2v) is 3.37. The minimum absolute atomic E-state index is 0.639. The molecule has 2 rings (SSSR count). The molecular weight excluding hydrogens is 184 g/mol. The maximum absolute atomic E-state index is 9.17. The summed E-state index contributed by atoms with van der Waals surface area (Å²) in [6.07, 6.45) is 1.51. The van der Waals surface area contributed by atoms with Crippen LogP contribution in [0.2, 0.25) is 0 Å². The first-order valence-corrected chi connectivity index (χ1v) is 5.17. The lowest BCUT2D eigenvalue weighted by molar-refractivity contribution is -0.107. The molecule has 0 fully saturated rings. The van der Waals surface area contributed by atoms with E-state index in [9.17, 15) is 4.79 Å². The van der Waals surface area contributed by atoms with E-state index in [4.69, 9.17) is 0 Å². The van der Waals surface area contributed by atoms with Gasteiger partial charge >= 0.3 is 0 Å². The Labute approximate surface area is 90.7 Å². The van der Waals surface area contributed by atoms with E-state index >= 15 is 0 Å². The van der Waals surface area contributed by atoms with Gasteiger partial charge in [0, 0.05) is 6.42 Å². The average molecular weight is 200 g/mol. The number of fused-ring (bicyclic) bond motifs is 1. The Hall–Kier alpha value is -1.63. The number of carbonyl (C=O) groups excluding carboxylic acids is 1. The quantitative estimate of drug-likeness (QED) is 0.641. The van der Waals surface area contributed by atoms with Crippen LogP contribution in [0.3, 0.4) is 0 Å². The van der Waals surface area contributed by atoms with Crippen LogP contribution in [0.1, 0.15) is 18.9 Å². The van der Waals surface area contributed by atoms with Crippen LogP contribution in [0.4, 0.5) is 0 Å². The highest BCUT2D eigenvalue weighted by Gasteiger charge is 1.92. The Kier molecular flexibility index (Phi) is 4.55. The van der Waals surface area contributed by atoms with Gasteiger partial charge in [0.25, 0.3) is 0 Å². The zero-order valence-corrected chi connectivity index (χ0v) is 9.23. The topological polar surface area (TPSA) is 17.1 Å². The van der Waals surface area contributed by atoms with Gasteiger partial charge in [-0.25, -0.2) is 0 Å². The van der Waals surface area contributed by atoms with Gasteiger partial charge in [-0.2, -0.15) is 0 Å². The fraction of sp³-hybridized carbons (Fsp3) is 0.214. The molecule has 0 aliphatic rings. The predicted molar refractivity (Wildman–Crippen MR) is 65.0 cm³/mol. The second kappa shape index (κ2) is 5.97.